The maximum absolute atomic E-state index is 11.1. The normalized spacial score (nSPS) is 13.6. The fourth-order valence-electron chi connectivity index (χ4n) is 1.55. The minimum atomic E-state index is -0.151. The summed E-state index contributed by atoms with van der Waals surface area (Å²) in [7, 11) is 0. The Morgan fingerprint density at radius 3 is 2.78 bits per heavy atom. The van der Waals surface area contributed by atoms with Crippen LogP contribution < -0.4 is 15.8 Å². The Bertz CT molecular complexity index is 394. The van der Waals surface area contributed by atoms with Gasteiger partial charge in [0, 0.05) is 12.1 Å². The highest BCUT2D eigenvalue weighted by molar-refractivity contribution is 5.85. The predicted molar refractivity (Wildman–Crippen MR) is 72.8 cm³/mol. The number of amides is 1. The van der Waals surface area contributed by atoms with Gasteiger partial charge in [0.15, 0.2) is 0 Å². The van der Waals surface area contributed by atoms with Crippen LogP contribution in [0.2, 0.25) is 0 Å². The van der Waals surface area contributed by atoms with Crippen molar-refractivity contribution in [3.63, 3.8) is 0 Å². The Hall–Kier alpha value is -1.26. The van der Waals surface area contributed by atoms with Crippen LogP contribution in [0.1, 0.15) is 18.4 Å². The molecule has 4 nitrogen and oxygen atoms in total. The van der Waals surface area contributed by atoms with Gasteiger partial charge in [-0.3, -0.25) is 4.79 Å². The Balaban J connectivity index is 0.00000162. The number of halogens is 1. The van der Waals surface area contributed by atoms with Gasteiger partial charge in [0.05, 0.1) is 13.2 Å². The third kappa shape index (κ3) is 4.55. The summed E-state index contributed by atoms with van der Waals surface area (Å²) in [6, 6.07) is 7.77. The van der Waals surface area contributed by atoms with Gasteiger partial charge >= 0.3 is 0 Å². The molecule has 18 heavy (non-hydrogen) atoms. The highest BCUT2D eigenvalue weighted by Crippen LogP contribution is 2.30. The molecule has 1 aromatic carbocycles. The van der Waals surface area contributed by atoms with Crippen molar-refractivity contribution in [2.75, 3.05) is 13.2 Å². The summed E-state index contributed by atoms with van der Waals surface area (Å²) in [5.41, 5.74) is 6.23. The molecule has 1 amide bonds. The third-order valence-corrected chi connectivity index (χ3v) is 2.81. The number of carbonyl (C=O) groups excluding carboxylic acids is 1. The molecule has 0 unspecified atom stereocenters. The van der Waals surface area contributed by atoms with Crippen LogP contribution in [0.4, 0.5) is 0 Å². The molecule has 0 saturated heterocycles. The average molecular weight is 271 g/mol. The number of nitrogens with one attached hydrogen (secondary N) is 1. The molecule has 0 heterocycles. The number of carbonyl (C=O) groups is 1. The fraction of sp³-hybridized carbons (Fsp3) is 0.462. The largest absolute Gasteiger partial charge is 0.493 e. The lowest BCUT2D eigenvalue weighted by molar-refractivity contribution is -0.119. The lowest BCUT2D eigenvalue weighted by atomic mass is 10.2. The van der Waals surface area contributed by atoms with E-state index in [0.29, 0.717) is 6.54 Å². The molecular weight excluding hydrogens is 252 g/mol. The molecule has 1 aliphatic carbocycles. The second kappa shape index (κ2) is 7.24. The minimum absolute atomic E-state index is 0. The summed E-state index contributed by atoms with van der Waals surface area (Å²) in [6.07, 6.45) is 2.54. The predicted octanol–water partition coefficient (Wildman–Crippen LogP) is 1.47. The maximum atomic E-state index is 11.1. The highest BCUT2D eigenvalue weighted by atomic mass is 35.5. The third-order valence-electron chi connectivity index (χ3n) is 2.81. The van der Waals surface area contributed by atoms with E-state index in [9.17, 15) is 4.79 Å². The summed E-state index contributed by atoms with van der Waals surface area (Å²) < 4.78 is 5.74. The maximum Gasteiger partial charge on any atom is 0.234 e. The van der Waals surface area contributed by atoms with Crippen LogP contribution in [0, 0.1) is 5.92 Å². The zero-order valence-electron chi connectivity index (χ0n) is 10.2. The summed E-state index contributed by atoms with van der Waals surface area (Å²) in [5.74, 6) is 1.43. The number of benzene rings is 1. The number of rotatable bonds is 6. The van der Waals surface area contributed by atoms with Crippen LogP contribution in [-0.2, 0) is 11.3 Å². The molecule has 3 N–H and O–H groups in total. The van der Waals surface area contributed by atoms with E-state index in [2.05, 4.69) is 5.32 Å². The van der Waals surface area contributed by atoms with Crippen molar-refractivity contribution in [3.05, 3.63) is 29.8 Å². The van der Waals surface area contributed by atoms with Gasteiger partial charge < -0.3 is 15.8 Å². The summed E-state index contributed by atoms with van der Waals surface area (Å²) >= 11 is 0. The number of hydrogen-bond acceptors (Lipinski definition) is 3. The number of ether oxygens (including phenoxy) is 1. The van der Waals surface area contributed by atoms with E-state index < -0.39 is 0 Å². The molecule has 0 bridgehead atoms. The zero-order chi connectivity index (χ0) is 12.1. The van der Waals surface area contributed by atoms with Crippen molar-refractivity contribution in [1.82, 2.24) is 5.32 Å². The molecule has 0 radical (unpaired) electrons. The Morgan fingerprint density at radius 2 is 2.11 bits per heavy atom. The van der Waals surface area contributed by atoms with Crippen molar-refractivity contribution in [1.29, 1.82) is 0 Å². The van der Waals surface area contributed by atoms with Crippen molar-refractivity contribution in [3.8, 4) is 5.75 Å². The van der Waals surface area contributed by atoms with E-state index in [0.717, 1.165) is 23.8 Å². The van der Waals surface area contributed by atoms with Crippen LogP contribution in [0.15, 0.2) is 24.3 Å². The molecule has 0 aromatic heterocycles. The number of nitrogens with two attached hydrogens (primary N) is 1. The summed E-state index contributed by atoms with van der Waals surface area (Å²) in [6.45, 7) is 1.27. The molecule has 0 aliphatic heterocycles. The molecular formula is C13H19ClN2O2. The molecule has 0 atom stereocenters. The van der Waals surface area contributed by atoms with E-state index >= 15 is 0 Å². The molecule has 100 valence electrons. The molecule has 1 fully saturated rings. The first-order valence-corrected chi connectivity index (χ1v) is 5.97. The van der Waals surface area contributed by atoms with Crippen molar-refractivity contribution >= 4 is 18.3 Å². The summed E-state index contributed by atoms with van der Waals surface area (Å²) in [4.78, 5) is 11.1. The van der Waals surface area contributed by atoms with E-state index in [1.54, 1.807) is 0 Å². The standard InChI is InChI=1S/C13H18N2O2.ClH/c14-7-13(16)15-8-11-3-1-2-4-12(11)17-9-10-5-6-10;/h1-4,10H,5-9,14H2,(H,15,16);1H. The van der Waals surface area contributed by atoms with Gasteiger partial charge in [0.1, 0.15) is 5.75 Å². The highest BCUT2D eigenvalue weighted by Gasteiger charge is 2.22. The monoisotopic (exact) mass is 270 g/mol. The van der Waals surface area contributed by atoms with Gasteiger partial charge in [-0.15, -0.1) is 12.4 Å². The minimum Gasteiger partial charge on any atom is -0.493 e. The topological polar surface area (TPSA) is 64.4 Å². The first-order valence-electron chi connectivity index (χ1n) is 5.97. The van der Waals surface area contributed by atoms with Gasteiger partial charge in [0.2, 0.25) is 5.91 Å². The van der Waals surface area contributed by atoms with Crippen LogP contribution in [0.3, 0.4) is 0 Å². The van der Waals surface area contributed by atoms with Gasteiger partial charge in [0.25, 0.3) is 0 Å². The molecule has 1 saturated carbocycles. The van der Waals surface area contributed by atoms with Crippen molar-refractivity contribution in [2.45, 2.75) is 19.4 Å². The number of hydrogen-bond donors (Lipinski definition) is 2. The van der Waals surface area contributed by atoms with E-state index in [1.165, 1.54) is 12.8 Å². The van der Waals surface area contributed by atoms with Crippen molar-refractivity contribution in [2.24, 2.45) is 11.7 Å². The van der Waals surface area contributed by atoms with E-state index in [-0.39, 0.29) is 24.9 Å². The van der Waals surface area contributed by atoms with E-state index in [1.807, 2.05) is 24.3 Å². The van der Waals surface area contributed by atoms with Gasteiger partial charge in [-0.2, -0.15) is 0 Å². The fourth-order valence-corrected chi connectivity index (χ4v) is 1.55. The lowest BCUT2D eigenvalue weighted by Gasteiger charge is -2.11. The first kappa shape index (κ1) is 14.8. The smallest absolute Gasteiger partial charge is 0.234 e. The summed E-state index contributed by atoms with van der Waals surface area (Å²) in [5, 5.41) is 2.75. The SMILES string of the molecule is Cl.NCC(=O)NCc1ccccc1OCC1CC1. The zero-order valence-corrected chi connectivity index (χ0v) is 11.0. The van der Waals surface area contributed by atoms with Gasteiger partial charge in [-0.25, -0.2) is 0 Å². The molecule has 1 aromatic rings. The first-order chi connectivity index (χ1) is 8.29. The quantitative estimate of drug-likeness (QED) is 0.823. The second-order valence-corrected chi connectivity index (χ2v) is 4.34. The van der Waals surface area contributed by atoms with Gasteiger partial charge in [-0.05, 0) is 24.8 Å². The average Bonchev–Trinajstić information content (AvgIpc) is 3.18. The van der Waals surface area contributed by atoms with Crippen molar-refractivity contribution < 1.29 is 9.53 Å². The molecule has 0 spiro atoms. The van der Waals surface area contributed by atoms with Crippen LogP contribution in [-0.4, -0.2) is 19.1 Å². The van der Waals surface area contributed by atoms with Gasteiger partial charge in [-0.1, -0.05) is 18.2 Å². The van der Waals surface area contributed by atoms with E-state index in [4.69, 9.17) is 10.5 Å². The Labute approximate surface area is 113 Å². The lowest BCUT2D eigenvalue weighted by Crippen LogP contribution is -2.29. The van der Waals surface area contributed by atoms with Crippen LogP contribution in [0.25, 0.3) is 0 Å². The number of para-hydroxylation sites is 1. The Morgan fingerprint density at radius 1 is 1.39 bits per heavy atom. The molecule has 2 rings (SSSR count). The Kier molecular flexibility index (Phi) is 5.95. The molecule has 5 heteroatoms. The molecule has 1 aliphatic rings. The van der Waals surface area contributed by atoms with Crippen LogP contribution >= 0.6 is 12.4 Å². The van der Waals surface area contributed by atoms with Crippen LogP contribution in [0.5, 0.6) is 5.75 Å². The second-order valence-electron chi connectivity index (χ2n) is 4.34.